The summed E-state index contributed by atoms with van der Waals surface area (Å²) in [7, 11) is 0. The van der Waals surface area contributed by atoms with Crippen molar-refractivity contribution in [2.75, 3.05) is 13.2 Å². The Bertz CT molecular complexity index is 1060. The molecule has 3 rings (SSSR count). The van der Waals surface area contributed by atoms with Crippen LogP contribution in [0.25, 0.3) is 11.0 Å². The molecular weight excluding hydrogens is 382 g/mol. The minimum atomic E-state index is -0.889. The van der Waals surface area contributed by atoms with Crippen molar-refractivity contribution in [1.29, 1.82) is 0 Å². The summed E-state index contributed by atoms with van der Waals surface area (Å²) in [6.07, 6.45) is 0. The van der Waals surface area contributed by atoms with Gasteiger partial charge in [0.05, 0.1) is 5.39 Å². The summed E-state index contributed by atoms with van der Waals surface area (Å²) in [6, 6.07) is 15.3. The average Bonchev–Trinajstić information content (AvgIpc) is 2.71. The first-order valence-corrected chi connectivity index (χ1v) is 9.04. The van der Waals surface area contributed by atoms with Crippen LogP contribution in [0.4, 0.5) is 0 Å². The van der Waals surface area contributed by atoms with E-state index in [0.29, 0.717) is 11.6 Å². The minimum absolute atomic E-state index is 0.117. The molecular formula is C21H18ClNO5. The number of esters is 1. The molecule has 0 radical (unpaired) electrons. The molecule has 0 bridgehead atoms. The van der Waals surface area contributed by atoms with Gasteiger partial charge in [0, 0.05) is 17.6 Å². The number of hydrogen-bond donors (Lipinski definition) is 1. The molecule has 0 saturated heterocycles. The fourth-order valence-corrected chi connectivity index (χ4v) is 2.82. The molecule has 1 heterocycles. The van der Waals surface area contributed by atoms with E-state index in [2.05, 4.69) is 5.32 Å². The Hall–Kier alpha value is -3.12. The molecule has 28 heavy (non-hydrogen) atoms. The quantitative estimate of drug-likeness (QED) is 0.641. The number of halogens is 1. The van der Waals surface area contributed by atoms with E-state index in [1.807, 2.05) is 37.3 Å². The number of nitrogens with one attached hydrogen (secondary N) is 1. The van der Waals surface area contributed by atoms with Crippen LogP contribution in [0.2, 0.25) is 5.02 Å². The first-order chi connectivity index (χ1) is 13.4. The number of fused-ring (bicyclic) bond motifs is 1. The van der Waals surface area contributed by atoms with Crippen LogP contribution in [0, 0.1) is 0 Å². The molecule has 1 aromatic heterocycles. The van der Waals surface area contributed by atoms with Crippen LogP contribution in [-0.2, 0) is 9.53 Å². The maximum Gasteiger partial charge on any atom is 0.374 e. The van der Waals surface area contributed by atoms with Crippen molar-refractivity contribution in [1.82, 2.24) is 5.32 Å². The number of hydrogen-bond acceptors (Lipinski definition) is 5. The Morgan fingerprint density at radius 3 is 2.64 bits per heavy atom. The molecule has 1 amide bonds. The van der Waals surface area contributed by atoms with E-state index in [0.717, 1.165) is 11.6 Å². The van der Waals surface area contributed by atoms with Gasteiger partial charge in [0.2, 0.25) is 5.76 Å². The minimum Gasteiger partial charge on any atom is -0.450 e. The van der Waals surface area contributed by atoms with E-state index < -0.39 is 23.9 Å². The molecule has 3 aromatic rings. The van der Waals surface area contributed by atoms with Gasteiger partial charge in [-0.2, -0.15) is 0 Å². The second-order valence-corrected chi connectivity index (χ2v) is 6.74. The first-order valence-electron chi connectivity index (χ1n) is 8.66. The topological polar surface area (TPSA) is 85.6 Å². The molecule has 0 aliphatic rings. The van der Waals surface area contributed by atoms with Gasteiger partial charge < -0.3 is 14.5 Å². The highest BCUT2D eigenvalue weighted by molar-refractivity contribution is 6.31. The summed E-state index contributed by atoms with van der Waals surface area (Å²) in [4.78, 5) is 36.1. The molecule has 0 aliphatic carbocycles. The van der Waals surface area contributed by atoms with E-state index in [1.54, 1.807) is 6.07 Å². The summed E-state index contributed by atoms with van der Waals surface area (Å²) < 4.78 is 10.3. The van der Waals surface area contributed by atoms with Gasteiger partial charge in [-0.25, -0.2) is 4.79 Å². The van der Waals surface area contributed by atoms with Gasteiger partial charge in [-0.15, -0.1) is 0 Å². The average molecular weight is 400 g/mol. The number of benzene rings is 2. The lowest BCUT2D eigenvalue weighted by Crippen LogP contribution is -2.31. The molecule has 1 atom stereocenters. The summed E-state index contributed by atoms with van der Waals surface area (Å²) in [5.74, 6) is -1.48. The van der Waals surface area contributed by atoms with Gasteiger partial charge in [0.15, 0.2) is 12.0 Å². The van der Waals surface area contributed by atoms with Gasteiger partial charge in [0.25, 0.3) is 5.91 Å². The first kappa shape index (κ1) is 19.6. The molecule has 0 saturated carbocycles. The fraction of sp³-hybridized carbons (Fsp3) is 0.190. The van der Waals surface area contributed by atoms with E-state index in [9.17, 15) is 14.4 Å². The predicted octanol–water partition coefficient (Wildman–Crippen LogP) is 3.52. The van der Waals surface area contributed by atoms with Crippen LogP contribution in [0.5, 0.6) is 0 Å². The second-order valence-electron chi connectivity index (χ2n) is 6.31. The Labute approximate surface area is 166 Å². The van der Waals surface area contributed by atoms with Crippen molar-refractivity contribution in [2.24, 2.45) is 0 Å². The Morgan fingerprint density at radius 1 is 1.14 bits per heavy atom. The highest BCUT2D eigenvalue weighted by atomic mass is 35.5. The number of carbonyl (C=O) groups excluding carboxylic acids is 2. The predicted molar refractivity (Wildman–Crippen MR) is 106 cm³/mol. The Balaban J connectivity index is 1.56. The van der Waals surface area contributed by atoms with Crippen LogP contribution in [0.1, 0.15) is 29.0 Å². The number of amides is 1. The number of rotatable bonds is 6. The van der Waals surface area contributed by atoms with Crippen LogP contribution in [0.15, 0.2) is 63.8 Å². The van der Waals surface area contributed by atoms with Crippen molar-refractivity contribution >= 4 is 34.4 Å². The zero-order valence-electron chi connectivity index (χ0n) is 15.1. The summed E-state index contributed by atoms with van der Waals surface area (Å²) in [6.45, 7) is 1.92. The summed E-state index contributed by atoms with van der Waals surface area (Å²) >= 11 is 5.85. The van der Waals surface area contributed by atoms with Crippen molar-refractivity contribution in [3.05, 3.63) is 81.2 Å². The Kier molecular flexibility index (Phi) is 6.11. The van der Waals surface area contributed by atoms with Crippen molar-refractivity contribution in [3.8, 4) is 0 Å². The van der Waals surface area contributed by atoms with Gasteiger partial charge in [0.1, 0.15) is 5.58 Å². The summed E-state index contributed by atoms with van der Waals surface area (Å²) in [5, 5.41) is 3.36. The van der Waals surface area contributed by atoms with Crippen molar-refractivity contribution in [2.45, 2.75) is 12.8 Å². The summed E-state index contributed by atoms with van der Waals surface area (Å²) in [5.41, 5.74) is 0.889. The molecule has 2 aromatic carbocycles. The van der Waals surface area contributed by atoms with E-state index >= 15 is 0 Å². The highest BCUT2D eigenvalue weighted by Crippen LogP contribution is 2.18. The highest BCUT2D eigenvalue weighted by Gasteiger charge is 2.16. The zero-order chi connectivity index (χ0) is 20.1. The third-order valence-corrected chi connectivity index (χ3v) is 4.43. The van der Waals surface area contributed by atoms with Gasteiger partial charge in [-0.3, -0.25) is 9.59 Å². The SMILES string of the molecule is C[C@H](CNC(=O)COC(=O)c1cc(=O)c2cc(Cl)ccc2o1)c1ccccc1. The molecule has 1 N–H and O–H groups in total. The lowest BCUT2D eigenvalue weighted by molar-refractivity contribution is -0.124. The third-order valence-electron chi connectivity index (χ3n) is 4.20. The van der Waals surface area contributed by atoms with Crippen molar-refractivity contribution in [3.63, 3.8) is 0 Å². The van der Waals surface area contributed by atoms with Gasteiger partial charge in [-0.1, -0.05) is 48.9 Å². The number of ether oxygens (including phenoxy) is 1. The molecule has 7 heteroatoms. The van der Waals surface area contributed by atoms with Gasteiger partial charge >= 0.3 is 5.97 Å². The van der Waals surface area contributed by atoms with Crippen molar-refractivity contribution < 1.29 is 18.7 Å². The van der Waals surface area contributed by atoms with Crippen LogP contribution in [-0.4, -0.2) is 25.0 Å². The Morgan fingerprint density at radius 2 is 1.89 bits per heavy atom. The largest absolute Gasteiger partial charge is 0.450 e. The molecule has 6 nitrogen and oxygen atoms in total. The lowest BCUT2D eigenvalue weighted by Gasteiger charge is -2.13. The molecule has 0 aliphatic heterocycles. The van der Waals surface area contributed by atoms with Crippen LogP contribution in [0.3, 0.4) is 0 Å². The second kappa shape index (κ2) is 8.71. The third kappa shape index (κ3) is 4.78. The van der Waals surface area contributed by atoms with Gasteiger partial charge in [-0.05, 0) is 29.7 Å². The lowest BCUT2D eigenvalue weighted by atomic mass is 10.0. The normalized spacial score (nSPS) is 11.8. The monoisotopic (exact) mass is 399 g/mol. The molecule has 0 fully saturated rings. The smallest absolute Gasteiger partial charge is 0.374 e. The van der Waals surface area contributed by atoms with E-state index in [1.165, 1.54) is 12.1 Å². The standard InChI is InChI=1S/C21H18ClNO5/c1-13(14-5-3-2-4-6-14)11-23-20(25)12-27-21(26)19-10-17(24)16-9-15(22)7-8-18(16)28-19/h2-10,13H,11-12H2,1H3,(H,23,25)/t13-/m1/s1. The maximum absolute atomic E-state index is 12.1. The van der Waals surface area contributed by atoms with Crippen LogP contribution >= 0.6 is 11.6 Å². The number of carbonyl (C=O) groups is 2. The molecule has 0 spiro atoms. The van der Waals surface area contributed by atoms with Crippen LogP contribution < -0.4 is 10.7 Å². The maximum atomic E-state index is 12.1. The fourth-order valence-electron chi connectivity index (χ4n) is 2.65. The van der Waals surface area contributed by atoms with E-state index in [-0.39, 0.29) is 22.6 Å². The van der Waals surface area contributed by atoms with E-state index in [4.69, 9.17) is 20.8 Å². The molecule has 144 valence electrons. The molecule has 0 unspecified atom stereocenters. The zero-order valence-corrected chi connectivity index (χ0v) is 15.9.